The minimum Gasteiger partial charge on any atom is -0.389 e. The molecule has 15 heavy (non-hydrogen) atoms. The fraction of sp³-hybridized carbons (Fsp3) is 0.727. The average molecular weight is 209 g/mol. The molecule has 1 aliphatic rings. The van der Waals surface area contributed by atoms with E-state index in [4.69, 9.17) is 0 Å². The molecular weight excluding hydrogens is 190 g/mol. The Kier molecular flexibility index (Phi) is 2.80. The third-order valence-electron chi connectivity index (χ3n) is 3.27. The number of aliphatic hydroxyl groups is 1. The van der Waals surface area contributed by atoms with E-state index in [9.17, 15) is 5.11 Å². The first-order valence-electron chi connectivity index (χ1n) is 5.54. The molecule has 0 bridgehead atoms. The third-order valence-corrected chi connectivity index (χ3v) is 3.27. The Morgan fingerprint density at radius 1 is 1.67 bits per heavy atom. The van der Waals surface area contributed by atoms with Crippen LogP contribution in [0.5, 0.6) is 0 Å². The lowest BCUT2D eigenvalue weighted by Crippen LogP contribution is -2.46. The highest BCUT2D eigenvalue weighted by Gasteiger charge is 2.34. The maximum Gasteiger partial charge on any atom is 0.125 e. The molecule has 4 heteroatoms. The van der Waals surface area contributed by atoms with E-state index in [0.29, 0.717) is 6.54 Å². The van der Waals surface area contributed by atoms with Crippen molar-refractivity contribution in [1.29, 1.82) is 0 Å². The quantitative estimate of drug-likeness (QED) is 0.777. The molecule has 0 saturated heterocycles. The minimum atomic E-state index is -0.459. The van der Waals surface area contributed by atoms with Gasteiger partial charge in [0.1, 0.15) is 5.82 Å². The molecule has 1 fully saturated rings. The van der Waals surface area contributed by atoms with Crippen LogP contribution in [0.15, 0.2) is 12.4 Å². The molecule has 0 aliphatic heterocycles. The number of aryl methyl sites for hydroxylation is 1. The Morgan fingerprint density at radius 3 is 2.87 bits per heavy atom. The molecule has 1 saturated carbocycles. The highest BCUT2D eigenvalue weighted by Crippen LogP contribution is 2.31. The molecule has 4 nitrogen and oxygen atoms in total. The maximum absolute atomic E-state index is 9.94. The van der Waals surface area contributed by atoms with Crippen LogP contribution in [0.4, 0.5) is 0 Å². The van der Waals surface area contributed by atoms with Crippen molar-refractivity contribution >= 4 is 0 Å². The standard InChI is InChI=1S/C11H19N3O/c1-9(10-12-6-7-14(10)2)13-8-11(15)4-3-5-11/h6-7,9,13,15H,3-5,8H2,1-2H3. The van der Waals surface area contributed by atoms with Gasteiger partial charge in [-0.05, 0) is 26.2 Å². The number of nitrogens with one attached hydrogen (secondary N) is 1. The average Bonchev–Trinajstić information content (AvgIpc) is 2.58. The summed E-state index contributed by atoms with van der Waals surface area (Å²) in [6, 6.07) is 0.189. The van der Waals surface area contributed by atoms with Gasteiger partial charge in [0.25, 0.3) is 0 Å². The minimum absolute atomic E-state index is 0.189. The van der Waals surface area contributed by atoms with Crippen LogP contribution in [-0.4, -0.2) is 26.8 Å². The number of aromatic nitrogens is 2. The Labute approximate surface area is 90.3 Å². The second-order valence-corrected chi connectivity index (χ2v) is 4.58. The first-order valence-corrected chi connectivity index (χ1v) is 5.54. The Morgan fingerprint density at radius 2 is 2.40 bits per heavy atom. The van der Waals surface area contributed by atoms with E-state index >= 15 is 0 Å². The summed E-state index contributed by atoms with van der Waals surface area (Å²) >= 11 is 0. The first-order chi connectivity index (χ1) is 7.11. The Hall–Kier alpha value is -0.870. The smallest absolute Gasteiger partial charge is 0.125 e. The van der Waals surface area contributed by atoms with Crippen molar-refractivity contribution < 1.29 is 5.11 Å². The van der Waals surface area contributed by atoms with Crippen LogP contribution in [-0.2, 0) is 7.05 Å². The predicted octanol–water partition coefficient (Wildman–Crippen LogP) is 0.986. The Bertz CT molecular complexity index is 330. The van der Waals surface area contributed by atoms with Gasteiger partial charge >= 0.3 is 0 Å². The van der Waals surface area contributed by atoms with E-state index in [1.807, 2.05) is 17.8 Å². The van der Waals surface area contributed by atoms with E-state index < -0.39 is 5.60 Å². The van der Waals surface area contributed by atoms with E-state index in [-0.39, 0.29) is 6.04 Å². The van der Waals surface area contributed by atoms with Crippen molar-refractivity contribution in [1.82, 2.24) is 14.9 Å². The van der Waals surface area contributed by atoms with E-state index in [1.54, 1.807) is 6.20 Å². The second kappa shape index (κ2) is 3.94. The lowest BCUT2D eigenvalue weighted by atomic mass is 9.80. The summed E-state index contributed by atoms with van der Waals surface area (Å²) in [5, 5.41) is 13.3. The lowest BCUT2D eigenvalue weighted by molar-refractivity contribution is -0.0331. The van der Waals surface area contributed by atoms with Crippen LogP contribution >= 0.6 is 0 Å². The van der Waals surface area contributed by atoms with Gasteiger partial charge in [-0.3, -0.25) is 0 Å². The molecule has 84 valence electrons. The summed E-state index contributed by atoms with van der Waals surface area (Å²) in [4.78, 5) is 4.28. The van der Waals surface area contributed by atoms with Gasteiger partial charge in [0, 0.05) is 26.0 Å². The molecule has 2 N–H and O–H groups in total. The van der Waals surface area contributed by atoms with Crippen LogP contribution in [0.3, 0.4) is 0 Å². The second-order valence-electron chi connectivity index (χ2n) is 4.58. The van der Waals surface area contributed by atoms with Crippen molar-refractivity contribution in [2.45, 2.75) is 37.8 Å². The number of hydrogen-bond acceptors (Lipinski definition) is 3. The number of imidazole rings is 1. The van der Waals surface area contributed by atoms with Crippen LogP contribution in [0.1, 0.15) is 38.1 Å². The molecule has 0 radical (unpaired) electrons. The van der Waals surface area contributed by atoms with E-state index in [1.165, 1.54) is 0 Å². The lowest BCUT2D eigenvalue weighted by Gasteiger charge is -2.37. The van der Waals surface area contributed by atoms with Crippen LogP contribution in [0.2, 0.25) is 0 Å². The van der Waals surface area contributed by atoms with Crippen molar-refractivity contribution in [2.24, 2.45) is 7.05 Å². The van der Waals surface area contributed by atoms with Gasteiger partial charge in [0.15, 0.2) is 0 Å². The summed E-state index contributed by atoms with van der Waals surface area (Å²) < 4.78 is 2.00. The van der Waals surface area contributed by atoms with Gasteiger partial charge in [-0.2, -0.15) is 0 Å². The summed E-state index contributed by atoms with van der Waals surface area (Å²) in [5.41, 5.74) is -0.459. The summed E-state index contributed by atoms with van der Waals surface area (Å²) in [6.45, 7) is 2.74. The fourth-order valence-electron chi connectivity index (χ4n) is 1.99. The van der Waals surface area contributed by atoms with Crippen LogP contribution in [0.25, 0.3) is 0 Å². The SMILES string of the molecule is CC(NCC1(O)CCC1)c1nccn1C. The van der Waals surface area contributed by atoms with Crippen molar-refractivity contribution in [3.8, 4) is 0 Å². The third kappa shape index (κ3) is 2.21. The number of rotatable bonds is 4. The van der Waals surface area contributed by atoms with Gasteiger partial charge in [0.2, 0.25) is 0 Å². The predicted molar refractivity (Wildman–Crippen MR) is 58.4 cm³/mol. The van der Waals surface area contributed by atoms with Crippen molar-refractivity contribution in [3.05, 3.63) is 18.2 Å². The van der Waals surface area contributed by atoms with Gasteiger partial charge in [-0.25, -0.2) is 4.98 Å². The van der Waals surface area contributed by atoms with Gasteiger partial charge < -0.3 is 15.0 Å². The Balaban J connectivity index is 1.87. The summed E-state index contributed by atoms with van der Waals surface area (Å²) in [5.74, 6) is 1.01. The van der Waals surface area contributed by atoms with Crippen LogP contribution < -0.4 is 5.32 Å². The molecule has 0 aromatic carbocycles. The largest absolute Gasteiger partial charge is 0.389 e. The monoisotopic (exact) mass is 209 g/mol. The zero-order chi connectivity index (χ0) is 10.9. The summed E-state index contributed by atoms with van der Waals surface area (Å²) in [7, 11) is 1.98. The number of nitrogens with zero attached hydrogens (tertiary/aromatic N) is 2. The van der Waals surface area contributed by atoms with Crippen molar-refractivity contribution in [2.75, 3.05) is 6.54 Å². The molecule has 1 unspecified atom stereocenters. The van der Waals surface area contributed by atoms with Gasteiger partial charge in [0.05, 0.1) is 11.6 Å². The van der Waals surface area contributed by atoms with Crippen LogP contribution in [0, 0.1) is 0 Å². The van der Waals surface area contributed by atoms with Gasteiger partial charge in [-0.15, -0.1) is 0 Å². The molecule has 1 atom stereocenters. The molecule has 1 aromatic rings. The van der Waals surface area contributed by atoms with E-state index in [0.717, 1.165) is 25.1 Å². The highest BCUT2D eigenvalue weighted by atomic mass is 16.3. The molecule has 1 heterocycles. The molecule has 2 rings (SSSR count). The number of hydrogen-bond donors (Lipinski definition) is 2. The topological polar surface area (TPSA) is 50.1 Å². The normalized spacial score (nSPS) is 21.0. The van der Waals surface area contributed by atoms with Crippen molar-refractivity contribution in [3.63, 3.8) is 0 Å². The fourth-order valence-corrected chi connectivity index (χ4v) is 1.99. The molecule has 1 aliphatic carbocycles. The molecule has 0 spiro atoms. The molecule has 1 aromatic heterocycles. The maximum atomic E-state index is 9.94. The summed E-state index contributed by atoms with van der Waals surface area (Å²) in [6.07, 6.45) is 6.73. The molecular formula is C11H19N3O. The zero-order valence-electron chi connectivity index (χ0n) is 9.40. The first kappa shape index (κ1) is 10.6. The van der Waals surface area contributed by atoms with E-state index in [2.05, 4.69) is 17.2 Å². The molecule has 0 amide bonds. The zero-order valence-corrected chi connectivity index (χ0v) is 9.40. The highest BCUT2D eigenvalue weighted by molar-refractivity contribution is 4.98. The van der Waals surface area contributed by atoms with Gasteiger partial charge in [-0.1, -0.05) is 0 Å².